The van der Waals surface area contributed by atoms with Gasteiger partial charge in [0.25, 0.3) is 0 Å². The summed E-state index contributed by atoms with van der Waals surface area (Å²) in [4.78, 5) is 9.26. The summed E-state index contributed by atoms with van der Waals surface area (Å²) >= 11 is 0. The number of anilines is 2. The molecule has 0 aliphatic carbocycles. The Labute approximate surface area is 119 Å². The molecule has 104 valence electrons. The van der Waals surface area contributed by atoms with Crippen LogP contribution >= 0.6 is 0 Å². The normalized spacial score (nSPS) is 16.1. The van der Waals surface area contributed by atoms with Crippen LogP contribution < -0.4 is 9.80 Å². The highest BCUT2D eigenvalue weighted by atomic mass is 15.3. The molecule has 20 heavy (non-hydrogen) atoms. The van der Waals surface area contributed by atoms with Crippen LogP contribution in [0.3, 0.4) is 0 Å². The highest BCUT2D eigenvalue weighted by Crippen LogP contribution is 2.17. The van der Waals surface area contributed by atoms with Gasteiger partial charge in [-0.05, 0) is 37.6 Å². The van der Waals surface area contributed by atoms with Crippen molar-refractivity contribution in [2.24, 2.45) is 0 Å². The van der Waals surface area contributed by atoms with Crippen molar-refractivity contribution in [2.75, 3.05) is 36.0 Å². The first-order valence-corrected chi connectivity index (χ1v) is 7.04. The van der Waals surface area contributed by atoms with Gasteiger partial charge in [0.05, 0.1) is 0 Å². The molecule has 0 saturated carbocycles. The van der Waals surface area contributed by atoms with Crippen LogP contribution in [-0.2, 0) is 0 Å². The lowest BCUT2D eigenvalue weighted by Gasteiger charge is -2.23. The number of pyridine rings is 1. The maximum Gasteiger partial charge on any atom is 0.151 e. The van der Waals surface area contributed by atoms with Crippen molar-refractivity contribution in [2.45, 2.75) is 13.3 Å². The van der Waals surface area contributed by atoms with E-state index in [9.17, 15) is 0 Å². The molecule has 2 aromatic rings. The molecule has 0 amide bonds. The van der Waals surface area contributed by atoms with Crippen molar-refractivity contribution in [3.8, 4) is 0 Å². The number of nitrogens with zero attached hydrogens (tertiary/aromatic N) is 5. The topological polar surface area (TPSA) is 45.2 Å². The zero-order valence-corrected chi connectivity index (χ0v) is 11.7. The van der Waals surface area contributed by atoms with E-state index in [0.29, 0.717) is 0 Å². The first-order chi connectivity index (χ1) is 9.83. The van der Waals surface area contributed by atoms with Crippen molar-refractivity contribution >= 4 is 11.6 Å². The Bertz CT molecular complexity index is 557. The van der Waals surface area contributed by atoms with Crippen LogP contribution in [0.1, 0.15) is 12.1 Å². The lowest BCUT2D eigenvalue weighted by molar-refractivity contribution is 0.785. The predicted octanol–water partition coefficient (Wildman–Crippen LogP) is 1.90. The minimum absolute atomic E-state index is 0.953. The quantitative estimate of drug-likeness (QED) is 0.833. The summed E-state index contributed by atoms with van der Waals surface area (Å²) in [6.45, 7) is 6.00. The Kier molecular flexibility index (Phi) is 3.76. The molecule has 0 N–H and O–H groups in total. The van der Waals surface area contributed by atoms with E-state index in [4.69, 9.17) is 0 Å². The van der Waals surface area contributed by atoms with Crippen molar-refractivity contribution in [1.29, 1.82) is 0 Å². The molecule has 3 heterocycles. The van der Waals surface area contributed by atoms with Gasteiger partial charge in [0.15, 0.2) is 5.82 Å². The molecule has 3 rings (SSSR count). The zero-order chi connectivity index (χ0) is 13.8. The van der Waals surface area contributed by atoms with Gasteiger partial charge in [-0.3, -0.25) is 0 Å². The van der Waals surface area contributed by atoms with E-state index < -0.39 is 0 Å². The standard InChI is InChI=1S/C15H19N5/c1-13-5-2-6-14(17-13)19-9-4-10-20(12-11-19)15-7-3-8-16-18-15/h2-3,5-8H,4,9-12H2,1H3. The number of aromatic nitrogens is 3. The Morgan fingerprint density at radius 1 is 0.900 bits per heavy atom. The molecular weight excluding hydrogens is 250 g/mol. The largest absolute Gasteiger partial charge is 0.355 e. The maximum absolute atomic E-state index is 4.62. The highest BCUT2D eigenvalue weighted by molar-refractivity contribution is 5.42. The second kappa shape index (κ2) is 5.86. The average Bonchev–Trinajstić information content (AvgIpc) is 2.74. The fourth-order valence-electron chi connectivity index (χ4n) is 2.54. The summed E-state index contributed by atoms with van der Waals surface area (Å²) in [5, 5.41) is 8.16. The van der Waals surface area contributed by atoms with E-state index in [1.807, 2.05) is 25.1 Å². The molecule has 1 saturated heterocycles. The lowest BCUT2D eigenvalue weighted by atomic mass is 10.3. The van der Waals surface area contributed by atoms with Crippen LogP contribution in [0.5, 0.6) is 0 Å². The van der Waals surface area contributed by atoms with E-state index in [0.717, 1.165) is 49.9 Å². The van der Waals surface area contributed by atoms with Gasteiger partial charge in [0.2, 0.25) is 0 Å². The smallest absolute Gasteiger partial charge is 0.151 e. The molecule has 1 aliphatic heterocycles. The summed E-state index contributed by atoms with van der Waals surface area (Å²) in [5.74, 6) is 2.04. The highest BCUT2D eigenvalue weighted by Gasteiger charge is 2.17. The third-order valence-electron chi connectivity index (χ3n) is 3.58. The Hall–Kier alpha value is -2.17. The fraction of sp³-hybridized carbons (Fsp3) is 0.400. The molecule has 5 heteroatoms. The van der Waals surface area contributed by atoms with E-state index in [1.54, 1.807) is 6.20 Å². The SMILES string of the molecule is Cc1cccc(N2CCCN(c3cccnn3)CC2)n1. The lowest BCUT2D eigenvalue weighted by Crippen LogP contribution is -2.31. The monoisotopic (exact) mass is 269 g/mol. The molecule has 0 atom stereocenters. The Morgan fingerprint density at radius 3 is 2.35 bits per heavy atom. The van der Waals surface area contributed by atoms with Gasteiger partial charge in [0.1, 0.15) is 5.82 Å². The molecule has 0 spiro atoms. The van der Waals surface area contributed by atoms with Crippen molar-refractivity contribution in [3.05, 3.63) is 42.2 Å². The van der Waals surface area contributed by atoms with E-state index in [1.165, 1.54) is 0 Å². The van der Waals surface area contributed by atoms with Crippen LogP contribution in [0.15, 0.2) is 36.5 Å². The molecular formula is C15H19N5. The number of hydrogen-bond acceptors (Lipinski definition) is 5. The Balaban J connectivity index is 1.71. The van der Waals surface area contributed by atoms with Crippen LogP contribution in [0.25, 0.3) is 0 Å². The first-order valence-electron chi connectivity index (χ1n) is 7.04. The molecule has 2 aromatic heterocycles. The van der Waals surface area contributed by atoms with Crippen molar-refractivity contribution < 1.29 is 0 Å². The van der Waals surface area contributed by atoms with Gasteiger partial charge in [-0.25, -0.2) is 4.98 Å². The van der Waals surface area contributed by atoms with Crippen LogP contribution in [-0.4, -0.2) is 41.4 Å². The van der Waals surface area contributed by atoms with Gasteiger partial charge in [-0.2, -0.15) is 5.10 Å². The van der Waals surface area contributed by atoms with Crippen molar-refractivity contribution in [3.63, 3.8) is 0 Å². The summed E-state index contributed by atoms with van der Waals surface area (Å²) in [7, 11) is 0. The molecule has 5 nitrogen and oxygen atoms in total. The third kappa shape index (κ3) is 2.87. The average molecular weight is 269 g/mol. The summed E-state index contributed by atoms with van der Waals surface area (Å²) in [6, 6.07) is 10.2. The molecule has 0 unspecified atom stereocenters. The second-order valence-corrected chi connectivity index (χ2v) is 5.05. The van der Waals surface area contributed by atoms with E-state index in [2.05, 4.69) is 37.1 Å². The van der Waals surface area contributed by atoms with Crippen LogP contribution in [0, 0.1) is 6.92 Å². The van der Waals surface area contributed by atoms with Gasteiger partial charge in [-0.15, -0.1) is 5.10 Å². The van der Waals surface area contributed by atoms with Crippen molar-refractivity contribution in [1.82, 2.24) is 15.2 Å². The maximum atomic E-state index is 4.62. The molecule has 0 radical (unpaired) electrons. The number of rotatable bonds is 2. The van der Waals surface area contributed by atoms with Crippen LogP contribution in [0.4, 0.5) is 11.6 Å². The molecule has 0 bridgehead atoms. The predicted molar refractivity (Wildman–Crippen MR) is 80.0 cm³/mol. The third-order valence-corrected chi connectivity index (χ3v) is 3.58. The fourth-order valence-corrected chi connectivity index (χ4v) is 2.54. The number of aryl methyl sites for hydroxylation is 1. The van der Waals surface area contributed by atoms with Gasteiger partial charge < -0.3 is 9.80 Å². The molecule has 0 aromatic carbocycles. The number of hydrogen-bond donors (Lipinski definition) is 0. The van der Waals surface area contributed by atoms with Gasteiger partial charge in [-0.1, -0.05) is 6.07 Å². The molecule has 1 aliphatic rings. The zero-order valence-electron chi connectivity index (χ0n) is 11.7. The minimum Gasteiger partial charge on any atom is -0.355 e. The van der Waals surface area contributed by atoms with E-state index >= 15 is 0 Å². The minimum atomic E-state index is 0.953. The summed E-state index contributed by atoms with van der Waals surface area (Å²) < 4.78 is 0. The summed E-state index contributed by atoms with van der Waals surface area (Å²) in [6.07, 6.45) is 2.82. The van der Waals surface area contributed by atoms with Crippen LogP contribution in [0.2, 0.25) is 0 Å². The van der Waals surface area contributed by atoms with Gasteiger partial charge in [0, 0.05) is 38.1 Å². The molecule has 1 fully saturated rings. The Morgan fingerprint density at radius 2 is 1.65 bits per heavy atom. The summed E-state index contributed by atoms with van der Waals surface area (Å²) in [5.41, 5.74) is 1.07. The first kappa shape index (κ1) is 12.8. The van der Waals surface area contributed by atoms with E-state index in [-0.39, 0.29) is 0 Å². The second-order valence-electron chi connectivity index (χ2n) is 5.05. The van der Waals surface area contributed by atoms with Gasteiger partial charge >= 0.3 is 0 Å².